The molecule has 0 aliphatic carbocycles. The summed E-state index contributed by atoms with van der Waals surface area (Å²) in [5.41, 5.74) is 2.03. The van der Waals surface area contributed by atoms with Crippen LogP contribution in [0.2, 0.25) is 0 Å². The molecule has 20 heavy (non-hydrogen) atoms. The van der Waals surface area contributed by atoms with Gasteiger partial charge in [0.2, 0.25) is 0 Å². The van der Waals surface area contributed by atoms with E-state index in [9.17, 15) is 0 Å². The minimum absolute atomic E-state index is 0. The van der Waals surface area contributed by atoms with Crippen LogP contribution < -0.4 is 0 Å². The Hall–Kier alpha value is 0.660. The van der Waals surface area contributed by atoms with Crippen LogP contribution in [-0.4, -0.2) is 15.1 Å². The van der Waals surface area contributed by atoms with Crippen LogP contribution in [0.3, 0.4) is 0 Å². The third kappa shape index (κ3) is 7.09. The second-order valence-corrected chi connectivity index (χ2v) is 8.52. The maximum absolute atomic E-state index is 8.68. The van der Waals surface area contributed by atoms with Gasteiger partial charge in [-0.25, -0.2) is 9.97 Å². The van der Waals surface area contributed by atoms with Gasteiger partial charge in [0, 0.05) is 10.2 Å². The van der Waals surface area contributed by atoms with E-state index in [1.807, 2.05) is 13.8 Å². The molecule has 2 rings (SSSR count). The highest BCUT2D eigenvalue weighted by atomic mass is 79.9. The van der Waals surface area contributed by atoms with Gasteiger partial charge in [-0.05, 0) is 45.7 Å². The predicted octanol–water partition coefficient (Wildman–Crippen LogP) is 6.09. The second kappa shape index (κ2) is 11.3. The number of aliphatic hydroxyl groups excluding tert-OH is 1. The van der Waals surface area contributed by atoms with Gasteiger partial charge in [-0.1, -0.05) is 30.8 Å². The number of rotatable bonds is 2. The predicted molar refractivity (Wildman–Crippen MR) is 101 cm³/mol. The standard InChI is InChI=1S/C5H5Br2NS.C5H6BrNOS.2CH4/c1-3-4(2-6)9-5(7)8-3;1-3-4(2-8)9-5(6)7-3;;/h2H2,1H3;8H,2H2,1H3;2*1H4. The molecule has 0 bridgehead atoms. The molecular formula is C12H19Br3N2OS2. The Bertz CT molecular complexity index is 469. The lowest BCUT2D eigenvalue weighted by atomic mass is 10.4. The number of hydrogen-bond donors (Lipinski definition) is 1. The molecular weight excluding hydrogens is 492 g/mol. The van der Waals surface area contributed by atoms with Crippen molar-refractivity contribution in [3.63, 3.8) is 0 Å². The van der Waals surface area contributed by atoms with Crippen LogP contribution in [0.4, 0.5) is 0 Å². The maximum atomic E-state index is 8.68. The summed E-state index contributed by atoms with van der Waals surface area (Å²) in [6.45, 7) is 3.99. The Labute approximate surface area is 154 Å². The first-order chi connectivity index (χ1) is 8.47. The molecule has 1 N–H and O–H groups in total. The van der Waals surface area contributed by atoms with Gasteiger partial charge < -0.3 is 5.11 Å². The fraction of sp³-hybridized carbons (Fsp3) is 0.500. The largest absolute Gasteiger partial charge is 0.391 e. The van der Waals surface area contributed by atoms with Crippen molar-refractivity contribution >= 4 is 70.5 Å². The van der Waals surface area contributed by atoms with Crippen LogP contribution >= 0.6 is 70.5 Å². The summed E-state index contributed by atoms with van der Waals surface area (Å²) in [6.07, 6.45) is 0. The van der Waals surface area contributed by atoms with E-state index in [0.717, 1.165) is 29.4 Å². The minimum atomic E-state index is 0. The highest BCUT2D eigenvalue weighted by Crippen LogP contribution is 2.24. The summed E-state index contributed by atoms with van der Waals surface area (Å²) in [7, 11) is 0. The third-order valence-electron chi connectivity index (χ3n) is 2.00. The van der Waals surface area contributed by atoms with E-state index in [2.05, 4.69) is 57.8 Å². The Morgan fingerprint density at radius 2 is 1.35 bits per heavy atom. The SMILES string of the molecule is C.C.Cc1nc(Br)sc1CBr.Cc1nc(Br)sc1CO. The summed E-state index contributed by atoms with van der Waals surface area (Å²) in [6, 6.07) is 0. The zero-order valence-electron chi connectivity index (χ0n) is 9.71. The molecule has 2 aromatic heterocycles. The van der Waals surface area contributed by atoms with Crippen LogP contribution in [0.25, 0.3) is 0 Å². The summed E-state index contributed by atoms with van der Waals surface area (Å²) >= 11 is 13.0. The highest BCUT2D eigenvalue weighted by molar-refractivity contribution is 9.11. The Morgan fingerprint density at radius 3 is 1.50 bits per heavy atom. The van der Waals surface area contributed by atoms with Crippen LogP contribution in [0.1, 0.15) is 36.0 Å². The van der Waals surface area contributed by atoms with Crippen molar-refractivity contribution in [1.29, 1.82) is 0 Å². The van der Waals surface area contributed by atoms with Gasteiger partial charge in [0.15, 0.2) is 7.83 Å². The van der Waals surface area contributed by atoms with E-state index in [1.165, 1.54) is 16.2 Å². The lowest BCUT2D eigenvalue weighted by molar-refractivity contribution is 0.284. The summed E-state index contributed by atoms with van der Waals surface area (Å²) < 4.78 is 1.80. The third-order valence-corrected chi connectivity index (χ3v) is 6.13. The van der Waals surface area contributed by atoms with E-state index in [0.29, 0.717) is 0 Å². The van der Waals surface area contributed by atoms with Crippen molar-refractivity contribution in [2.45, 2.75) is 40.6 Å². The molecule has 0 aromatic carbocycles. The van der Waals surface area contributed by atoms with E-state index >= 15 is 0 Å². The summed E-state index contributed by atoms with van der Waals surface area (Å²) in [5, 5.41) is 9.59. The number of alkyl halides is 1. The molecule has 2 aromatic rings. The number of aromatic nitrogens is 2. The lowest BCUT2D eigenvalue weighted by Gasteiger charge is -1.85. The molecule has 3 nitrogen and oxygen atoms in total. The summed E-state index contributed by atoms with van der Waals surface area (Å²) in [5.74, 6) is 0. The molecule has 2 heterocycles. The van der Waals surface area contributed by atoms with Crippen LogP contribution in [0, 0.1) is 13.8 Å². The Morgan fingerprint density at radius 1 is 0.950 bits per heavy atom. The number of nitrogens with zero attached hydrogens (tertiary/aromatic N) is 2. The monoisotopic (exact) mass is 508 g/mol. The summed E-state index contributed by atoms with van der Waals surface area (Å²) in [4.78, 5) is 10.5. The Balaban J connectivity index is 0. The number of thiazole rings is 2. The van der Waals surface area contributed by atoms with Crippen molar-refractivity contribution in [2.24, 2.45) is 0 Å². The first kappa shape index (κ1) is 22.9. The lowest BCUT2D eigenvalue weighted by Crippen LogP contribution is -1.79. The molecule has 0 saturated heterocycles. The molecule has 0 unspecified atom stereocenters. The van der Waals surface area contributed by atoms with Gasteiger partial charge in [0.05, 0.1) is 22.9 Å². The molecule has 116 valence electrons. The number of aliphatic hydroxyl groups is 1. The van der Waals surface area contributed by atoms with Gasteiger partial charge in [0.25, 0.3) is 0 Å². The van der Waals surface area contributed by atoms with Crippen molar-refractivity contribution in [1.82, 2.24) is 9.97 Å². The quantitative estimate of drug-likeness (QED) is 0.497. The molecule has 0 radical (unpaired) electrons. The highest BCUT2D eigenvalue weighted by Gasteiger charge is 2.02. The number of hydrogen-bond acceptors (Lipinski definition) is 5. The van der Waals surface area contributed by atoms with Crippen LogP contribution in [-0.2, 0) is 11.9 Å². The van der Waals surface area contributed by atoms with Crippen molar-refractivity contribution in [3.8, 4) is 0 Å². The zero-order valence-corrected chi connectivity index (χ0v) is 16.1. The smallest absolute Gasteiger partial charge is 0.159 e. The fourth-order valence-electron chi connectivity index (χ4n) is 1.06. The topological polar surface area (TPSA) is 46.0 Å². The minimum Gasteiger partial charge on any atom is -0.391 e. The van der Waals surface area contributed by atoms with Gasteiger partial charge in [-0.2, -0.15) is 0 Å². The molecule has 0 saturated carbocycles. The first-order valence-electron chi connectivity index (χ1n) is 4.88. The van der Waals surface area contributed by atoms with Crippen molar-refractivity contribution in [3.05, 3.63) is 29.0 Å². The number of aryl methyl sites for hydroxylation is 2. The average molecular weight is 511 g/mol. The molecule has 0 aliphatic rings. The molecule has 0 aliphatic heterocycles. The maximum Gasteiger partial charge on any atom is 0.159 e. The first-order valence-corrected chi connectivity index (χ1v) is 9.22. The van der Waals surface area contributed by atoms with Crippen molar-refractivity contribution in [2.75, 3.05) is 0 Å². The van der Waals surface area contributed by atoms with E-state index in [-0.39, 0.29) is 21.5 Å². The molecule has 0 amide bonds. The van der Waals surface area contributed by atoms with Gasteiger partial charge >= 0.3 is 0 Å². The van der Waals surface area contributed by atoms with E-state index in [4.69, 9.17) is 5.11 Å². The van der Waals surface area contributed by atoms with E-state index < -0.39 is 0 Å². The van der Waals surface area contributed by atoms with Crippen molar-refractivity contribution < 1.29 is 5.11 Å². The molecule has 0 atom stereocenters. The second-order valence-electron chi connectivity index (χ2n) is 3.24. The van der Waals surface area contributed by atoms with Gasteiger partial charge in [-0.15, -0.1) is 22.7 Å². The number of halogens is 3. The van der Waals surface area contributed by atoms with Gasteiger partial charge in [0.1, 0.15) is 0 Å². The average Bonchev–Trinajstić information content (AvgIpc) is 2.81. The molecule has 8 heteroatoms. The van der Waals surface area contributed by atoms with E-state index in [1.54, 1.807) is 11.3 Å². The zero-order chi connectivity index (χ0) is 13.7. The normalized spacial score (nSPS) is 9.10. The van der Waals surface area contributed by atoms with Crippen LogP contribution in [0.5, 0.6) is 0 Å². The molecule has 0 fully saturated rings. The van der Waals surface area contributed by atoms with Gasteiger partial charge in [-0.3, -0.25) is 0 Å². The molecule has 0 spiro atoms. The fourth-order valence-corrected chi connectivity index (χ4v) is 4.79. The van der Waals surface area contributed by atoms with Crippen LogP contribution in [0.15, 0.2) is 7.83 Å². The Kier molecular flexibility index (Phi) is 12.9.